The summed E-state index contributed by atoms with van der Waals surface area (Å²) in [5, 5.41) is 0. The van der Waals surface area contributed by atoms with Gasteiger partial charge >= 0.3 is 13.8 Å². The van der Waals surface area contributed by atoms with Gasteiger partial charge < -0.3 is 18.9 Å². The molecule has 71 heavy (non-hydrogen) atoms. The number of phosphoric ester groups is 1. The molecule has 0 saturated carbocycles. The Bertz CT molecular complexity index is 1550. The molecular weight excluding hydrogens is 902 g/mol. The quantitative estimate of drug-likeness (QED) is 0.0213. The summed E-state index contributed by atoms with van der Waals surface area (Å²) in [6.07, 6.45) is 76.8. The van der Waals surface area contributed by atoms with Crippen molar-refractivity contribution in [2.24, 2.45) is 0 Å². The molecule has 9 heteroatoms. The normalized spacial score (nSPS) is 14.4. The number of ether oxygens (including phenoxy) is 2. The third kappa shape index (κ3) is 57.7. The standard InChI is InChI=1S/C62H106NO7P/c1-6-8-10-12-14-16-18-20-22-24-26-28-30-31-32-34-36-38-40-42-44-46-48-50-52-54-57-67-59-61(60-69-71(65,66)68-58-56-63(3,4)5)70-62(64)55-53-51-49-47-45-43-41-39-37-35-33-29-27-25-23-21-19-17-15-13-11-9-7-2/h8-11,14-17,20-23,26-29,31-32,36,38,61H,6-7,12-13,18-19,24-25,30,33-35,37,39-60H2,1-5H3/p+1/b10-8-,11-9-,16-14-,17-15-,22-20-,23-21-,28-26-,29-27-,32-31-,38-36-. The Hall–Kier alpha value is -3.10. The van der Waals surface area contributed by atoms with Crippen LogP contribution in [0.1, 0.15) is 206 Å². The molecule has 1 N–H and O–H groups in total. The van der Waals surface area contributed by atoms with Crippen LogP contribution in [-0.2, 0) is 27.9 Å². The number of hydrogen-bond donors (Lipinski definition) is 1. The summed E-state index contributed by atoms with van der Waals surface area (Å²) in [7, 11) is 1.64. The third-order valence-corrected chi connectivity index (χ3v) is 12.5. The van der Waals surface area contributed by atoms with Crippen molar-refractivity contribution in [1.82, 2.24) is 0 Å². The van der Waals surface area contributed by atoms with Gasteiger partial charge in [-0.15, -0.1) is 0 Å². The Morgan fingerprint density at radius 2 is 0.775 bits per heavy atom. The molecule has 0 aromatic heterocycles. The molecule has 406 valence electrons. The van der Waals surface area contributed by atoms with Crippen molar-refractivity contribution < 1.29 is 37.3 Å². The first-order chi connectivity index (χ1) is 34.6. The van der Waals surface area contributed by atoms with Crippen molar-refractivity contribution in [2.75, 3.05) is 54.1 Å². The van der Waals surface area contributed by atoms with Crippen LogP contribution in [0, 0.1) is 0 Å². The molecule has 0 aromatic carbocycles. The number of hydrogen-bond acceptors (Lipinski definition) is 6. The summed E-state index contributed by atoms with van der Waals surface area (Å²) in [5.74, 6) is -0.327. The van der Waals surface area contributed by atoms with Gasteiger partial charge in [-0.05, 0) is 103 Å². The van der Waals surface area contributed by atoms with E-state index >= 15 is 0 Å². The highest BCUT2D eigenvalue weighted by Gasteiger charge is 2.26. The molecule has 0 amide bonds. The van der Waals surface area contributed by atoms with E-state index < -0.39 is 13.9 Å². The van der Waals surface area contributed by atoms with Crippen molar-refractivity contribution >= 4 is 13.8 Å². The van der Waals surface area contributed by atoms with Gasteiger partial charge in [-0.25, -0.2) is 4.57 Å². The minimum Gasteiger partial charge on any atom is -0.457 e. The van der Waals surface area contributed by atoms with Gasteiger partial charge in [-0.3, -0.25) is 13.8 Å². The number of phosphoric acid groups is 1. The number of quaternary nitrogens is 1. The molecule has 0 aliphatic heterocycles. The fourth-order valence-corrected chi connectivity index (χ4v) is 8.00. The fraction of sp³-hybridized carbons (Fsp3) is 0.661. The van der Waals surface area contributed by atoms with E-state index in [2.05, 4.69) is 135 Å². The molecule has 0 aliphatic rings. The van der Waals surface area contributed by atoms with Crippen LogP contribution in [0.3, 0.4) is 0 Å². The monoisotopic (exact) mass is 1010 g/mol. The van der Waals surface area contributed by atoms with E-state index in [0.717, 1.165) is 109 Å². The predicted octanol–water partition coefficient (Wildman–Crippen LogP) is 18.1. The zero-order valence-electron chi connectivity index (χ0n) is 46.2. The maximum atomic E-state index is 12.8. The summed E-state index contributed by atoms with van der Waals surface area (Å²) >= 11 is 0. The number of rotatable bonds is 51. The van der Waals surface area contributed by atoms with Gasteiger partial charge in [-0.1, -0.05) is 219 Å². The Labute approximate surface area is 437 Å². The van der Waals surface area contributed by atoms with Gasteiger partial charge in [0.1, 0.15) is 19.3 Å². The Kier molecular flexibility index (Phi) is 50.9. The van der Waals surface area contributed by atoms with Crippen molar-refractivity contribution in [2.45, 2.75) is 213 Å². The van der Waals surface area contributed by atoms with Gasteiger partial charge in [0.05, 0.1) is 34.4 Å². The lowest BCUT2D eigenvalue weighted by Crippen LogP contribution is -2.37. The molecule has 0 spiro atoms. The Balaban J connectivity index is 4.16. The van der Waals surface area contributed by atoms with Crippen LogP contribution in [-0.4, -0.2) is 75.6 Å². The fourth-order valence-electron chi connectivity index (χ4n) is 7.25. The molecule has 0 aromatic rings. The second-order valence-electron chi connectivity index (χ2n) is 19.6. The topological polar surface area (TPSA) is 91.3 Å². The van der Waals surface area contributed by atoms with Crippen LogP contribution in [0.25, 0.3) is 0 Å². The van der Waals surface area contributed by atoms with Crippen LogP contribution in [0.2, 0.25) is 0 Å². The summed E-state index contributed by atoms with van der Waals surface area (Å²) in [4.78, 5) is 23.1. The lowest BCUT2D eigenvalue weighted by Gasteiger charge is -2.24. The molecule has 0 radical (unpaired) electrons. The first-order valence-corrected chi connectivity index (χ1v) is 29.8. The van der Waals surface area contributed by atoms with Crippen LogP contribution in [0.4, 0.5) is 0 Å². The number of likely N-dealkylation sites (N-methyl/N-ethyl adjacent to an activating group) is 1. The van der Waals surface area contributed by atoms with Gasteiger partial charge in [0.15, 0.2) is 0 Å². The van der Waals surface area contributed by atoms with E-state index in [1.165, 1.54) is 77.0 Å². The van der Waals surface area contributed by atoms with E-state index in [0.29, 0.717) is 24.1 Å². The van der Waals surface area contributed by atoms with Gasteiger partial charge in [0.25, 0.3) is 0 Å². The van der Waals surface area contributed by atoms with E-state index in [9.17, 15) is 14.3 Å². The predicted molar refractivity (Wildman–Crippen MR) is 307 cm³/mol. The van der Waals surface area contributed by atoms with E-state index in [1.807, 2.05) is 21.1 Å². The number of carbonyl (C=O) groups is 1. The van der Waals surface area contributed by atoms with E-state index in [-0.39, 0.29) is 25.8 Å². The molecule has 0 saturated heterocycles. The first kappa shape index (κ1) is 67.9. The SMILES string of the molecule is CC/C=C\C/C=C\C/C=C\C/C=C\C/C=C\C/C=C\CCCCCCCCCOCC(COP(=O)(O)OCC[N+](C)(C)C)OC(=O)CCCCCCCCCCCC/C=C\C/C=C\C/C=C\C/C=C\CC. The van der Waals surface area contributed by atoms with Crippen LogP contribution in [0.5, 0.6) is 0 Å². The van der Waals surface area contributed by atoms with Crippen molar-refractivity contribution in [1.29, 1.82) is 0 Å². The maximum Gasteiger partial charge on any atom is 0.472 e. The summed E-state index contributed by atoms with van der Waals surface area (Å²) < 4.78 is 35.2. The van der Waals surface area contributed by atoms with E-state index in [4.69, 9.17) is 18.5 Å². The van der Waals surface area contributed by atoms with E-state index in [1.54, 1.807) is 0 Å². The molecule has 2 unspecified atom stereocenters. The molecule has 2 atom stereocenters. The second-order valence-corrected chi connectivity index (χ2v) is 21.0. The van der Waals surface area contributed by atoms with Gasteiger partial charge in [0, 0.05) is 13.0 Å². The maximum absolute atomic E-state index is 12.8. The minimum absolute atomic E-state index is 0.0783. The first-order valence-electron chi connectivity index (χ1n) is 28.3. The smallest absolute Gasteiger partial charge is 0.457 e. The second kappa shape index (κ2) is 53.2. The lowest BCUT2D eigenvalue weighted by atomic mass is 10.0. The number of unbranched alkanes of at least 4 members (excludes halogenated alkanes) is 17. The molecule has 0 rings (SSSR count). The van der Waals surface area contributed by atoms with Gasteiger partial charge in [-0.2, -0.15) is 0 Å². The molecule has 0 fully saturated rings. The molecule has 8 nitrogen and oxygen atoms in total. The number of carbonyl (C=O) groups excluding carboxylic acids is 1. The molecule has 0 bridgehead atoms. The third-order valence-electron chi connectivity index (χ3n) is 11.5. The molecule has 0 aliphatic carbocycles. The van der Waals surface area contributed by atoms with Crippen molar-refractivity contribution in [3.05, 3.63) is 122 Å². The van der Waals surface area contributed by atoms with Crippen LogP contribution in [0.15, 0.2) is 122 Å². The van der Waals surface area contributed by atoms with Gasteiger partial charge in [0.2, 0.25) is 0 Å². The largest absolute Gasteiger partial charge is 0.472 e. The highest BCUT2D eigenvalue weighted by Crippen LogP contribution is 2.43. The summed E-state index contributed by atoms with van der Waals surface area (Å²) in [6, 6.07) is 0. The number of nitrogens with zero attached hydrogens (tertiary/aromatic N) is 1. The van der Waals surface area contributed by atoms with Crippen LogP contribution < -0.4 is 0 Å². The molecule has 0 heterocycles. The average Bonchev–Trinajstić information content (AvgIpc) is 3.33. The highest BCUT2D eigenvalue weighted by atomic mass is 31.2. The summed E-state index contributed by atoms with van der Waals surface area (Å²) in [6.45, 7) is 5.35. The zero-order chi connectivity index (χ0) is 51.9. The van der Waals surface area contributed by atoms with Crippen LogP contribution >= 0.6 is 7.82 Å². The molecular formula is C62H107NO7P+. The lowest BCUT2D eigenvalue weighted by molar-refractivity contribution is -0.870. The highest BCUT2D eigenvalue weighted by molar-refractivity contribution is 7.47. The average molecular weight is 1010 g/mol. The number of allylic oxidation sites excluding steroid dienone is 20. The summed E-state index contributed by atoms with van der Waals surface area (Å²) in [5.41, 5.74) is 0. The van der Waals surface area contributed by atoms with Crippen molar-refractivity contribution in [3.8, 4) is 0 Å². The minimum atomic E-state index is -4.30. The zero-order valence-corrected chi connectivity index (χ0v) is 47.1. The Morgan fingerprint density at radius 3 is 1.15 bits per heavy atom. The Morgan fingerprint density at radius 1 is 0.437 bits per heavy atom. The number of esters is 1. The van der Waals surface area contributed by atoms with Crippen molar-refractivity contribution in [3.63, 3.8) is 0 Å².